The van der Waals surface area contributed by atoms with E-state index in [-0.39, 0.29) is 17.7 Å². The van der Waals surface area contributed by atoms with Gasteiger partial charge in [-0.3, -0.25) is 19.1 Å². The van der Waals surface area contributed by atoms with Crippen molar-refractivity contribution in [3.8, 4) is 11.8 Å². The lowest BCUT2D eigenvalue weighted by Gasteiger charge is -2.14. The molecule has 0 bridgehead atoms. The van der Waals surface area contributed by atoms with Crippen LogP contribution in [0, 0.1) is 24.1 Å². The Labute approximate surface area is 119 Å². The number of rotatable bonds is 3. The van der Waals surface area contributed by atoms with E-state index in [1.54, 1.807) is 6.92 Å². The molecule has 2 aromatic rings. The third-order valence-electron chi connectivity index (χ3n) is 3.04. The molecule has 2 rings (SSSR count). The zero-order valence-corrected chi connectivity index (χ0v) is 11.1. The predicted molar refractivity (Wildman–Crippen MR) is 72.4 cm³/mol. The number of carbonyl (C=O) groups excluding carboxylic acids is 1. The van der Waals surface area contributed by atoms with Gasteiger partial charge in [-0.25, -0.2) is 4.39 Å². The molecule has 106 valence electrons. The van der Waals surface area contributed by atoms with Crippen molar-refractivity contribution in [1.29, 1.82) is 5.26 Å². The Kier molecular flexibility index (Phi) is 3.80. The van der Waals surface area contributed by atoms with E-state index in [9.17, 15) is 14.0 Å². The number of aromatic nitrogens is 2. The molecule has 7 heteroatoms. The van der Waals surface area contributed by atoms with E-state index >= 15 is 0 Å². The van der Waals surface area contributed by atoms with Crippen LogP contribution >= 0.6 is 0 Å². The smallest absolute Gasteiger partial charge is 0.268 e. The second-order valence-corrected chi connectivity index (χ2v) is 4.37. The summed E-state index contributed by atoms with van der Waals surface area (Å²) >= 11 is 0. The summed E-state index contributed by atoms with van der Waals surface area (Å²) in [5, 5.41) is 8.82. The zero-order valence-electron chi connectivity index (χ0n) is 11.1. The molecular weight excluding hydrogens is 275 g/mol. The fourth-order valence-electron chi connectivity index (χ4n) is 2.03. The maximum absolute atomic E-state index is 13.3. The molecule has 0 saturated heterocycles. The van der Waals surface area contributed by atoms with Gasteiger partial charge in [0.2, 0.25) is 0 Å². The fourth-order valence-corrected chi connectivity index (χ4v) is 2.03. The molecule has 0 aliphatic rings. The lowest BCUT2D eigenvalue weighted by molar-refractivity contribution is 0.0998. The maximum atomic E-state index is 13.3. The molecular formula is C14H11FN4O2. The van der Waals surface area contributed by atoms with Gasteiger partial charge in [-0.2, -0.15) is 5.26 Å². The first-order chi connectivity index (χ1) is 9.95. The van der Waals surface area contributed by atoms with Crippen LogP contribution in [0.15, 0.2) is 29.3 Å². The largest absolute Gasteiger partial charge is 0.365 e. The summed E-state index contributed by atoms with van der Waals surface area (Å²) in [5.41, 5.74) is 5.32. The molecule has 0 aromatic carbocycles. The summed E-state index contributed by atoms with van der Waals surface area (Å²) in [5.74, 6) is -1.53. The van der Waals surface area contributed by atoms with Crippen molar-refractivity contribution < 1.29 is 9.18 Å². The minimum absolute atomic E-state index is 0.00482. The van der Waals surface area contributed by atoms with Crippen molar-refractivity contribution in [2.24, 2.45) is 5.73 Å². The van der Waals surface area contributed by atoms with Gasteiger partial charge in [0.1, 0.15) is 11.4 Å². The number of nitriles is 1. The molecule has 2 heterocycles. The summed E-state index contributed by atoms with van der Waals surface area (Å²) in [6.07, 6.45) is 2.28. The van der Waals surface area contributed by atoms with E-state index in [1.165, 1.54) is 12.3 Å². The van der Waals surface area contributed by atoms with Crippen LogP contribution in [-0.2, 0) is 6.42 Å². The van der Waals surface area contributed by atoms with Crippen molar-refractivity contribution in [3.63, 3.8) is 0 Å². The van der Waals surface area contributed by atoms with E-state index in [1.807, 2.05) is 6.07 Å². The summed E-state index contributed by atoms with van der Waals surface area (Å²) < 4.78 is 14.4. The molecule has 0 fully saturated rings. The Bertz CT molecular complexity index is 821. The number of hydrogen-bond donors (Lipinski definition) is 1. The highest BCUT2D eigenvalue weighted by Gasteiger charge is 2.16. The average molecular weight is 286 g/mol. The monoisotopic (exact) mass is 286 g/mol. The average Bonchev–Trinajstić information content (AvgIpc) is 2.42. The van der Waals surface area contributed by atoms with Crippen LogP contribution in [0.3, 0.4) is 0 Å². The number of hydrogen-bond acceptors (Lipinski definition) is 4. The van der Waals surface area contributed by atoms with Crippen LogP contribution in [0.5, 0.6) is 0 Å². The van der Waals surface area contributed by atoms with Crippen LogP contribution in [0.4, 0.5) is 4.39 Å². The number of pyridine rings is 2. The van der Waals surface area contributed by atoms with E-state index in [0.29, 0.717) is 11.3 Å². The van der Waals surface area contributed by atoms with Gasteiger partial charge in [-0.15, -0.1) is 0 Å². The van der Waals surface area contributed by atoms with Crippen molar-refractivity contribution in [2.45, 2.75) is 13.3 Å². The van der Waals surface area contributed by atoms with E-state index < -0.39 is 17.3 Å². The van der Waals surface area contributed by atoms with Crippen LogP contribution in [0.25, 0.3) is 5.69 Å². The number of amides is 1. The first-order valence-corrected chi connectivity index (χ1v) is 5.99. The molecule has 2 aromatic heterocycles. The Hall–Kier alpha value is -3.01. The normalized spacial score (nSPS) is 10.1. The summed E-state index contributed by atoms with van der Waals surface area (Å²) in [4.78, 5) is 27.4. The minimum atomic E-state index is -0.905. The SMILES string of the molecule is Cc1c(CC#N)cc(C(N)=O)c(=O)n1-c1cncc(F)c1. The molecule has 0 atom stereocenters. The third-order valence-corrected chi connectivity index (χ3v) is 3.04. The Morgan fingerprint density at radius 1 is 1.48 bits per heavy atom. The van der Waals surface area contributed by atoms with Crippen LogP contribution < -0.4 is 11.3 Å². The molecule has 0 spiro atoms. The number of halogens is 1. The highest BCUT2D eigenvalue weighted by Crippen LogP contribution is 2.14. The van der Waals surface area contributed by atoms with Gasteiger partial charge in [0.25, 0.3) is 11.5 Å². The molecule has 1 amide bonds. The van der Waals surface area contributed by atoms with Crippen molar-refractivity contribution in [3.05, 3.63) is 57.5 Å². The predicted octanol–water partition coefficient (Wildman–Crippen LogP) is 0.845. The number of nitrogens with zero attached hydrogens (tertiary/aromatic N) is 3. The van der Waals surface area contributed by atoms with Gasteiger partial charge in [0.05, 0.1) is 30.6 Å². The van der Waals surface area contributed by atoms with Gasteiger partial charge in [0, 0.05) is 11.8 Å². The van der Waals surface area contributed by atoms with Gasteiger partial charge < -0.3 is 5.73 Å². The minimum Gasteiger partial charge on any atom is -0.365 e. The Balaban J connectivity index is 2.84. The van der Waals surface area contributed by atoms with Gasteiger partial charge in [-0.05, 0) is 18.6 Å². The van der Waals surface area contributed by atoms with Crippen LogP contribution in [-0.4, -0.2) is 15.5 Å². The Morgan fingerprint density at radius 2 is 2.19 bits per heavy atom. The van der Waals surface area contributed by atoms with E-state index in [2.05, 4.69) is 4.98 Å². The second-order valence-electron chi connectivity index (χ2n) is 4.37. The first-order valence-electron chi connectivity index (χ1n) is 5.99. The molecule has 2 N–H and O–H groups in total. The zero-order chi connectivity index (χ0) is 15.6. The second kappa shape index (κ2) is 5.54. The molecule has 0 unspecified atom stereocenters. The topological polar surface area (TPSA) is 102 Å². The Morgan fingerprint density at radius 3 is 2.76 bits per heavy atom. The maximum Gasteiger partial charge on any atom is 0.268 e. The number of carbonyl (C=O) groups is 1. The van der Waals surface area contributed by atoms with Gasteiger partial charge in [-0.1, -0.05) is 0 Å². The molecule has 6 nitrogen and oxygen atoms in total. The van der Waals surface area contributed by atoms with Crippen molar-refractivity contribution >= 4 is 5.91 Å². The molecule has 21 heavy (non-hydrogen) atoms. The molecule has 0 aliphatic carbocycles. The fraction of sp³-hybridized carbons (Fsp3) is 0.143. The number of nitrogens with two attached hydrogens (primary N) is 1. The van der Waals surface area contributed by atoms with Gasteiger partial charge >= 0.3 is 0 Å². The summed E-state index contributed by atoms with van der Waals surface area (Å²) in [6.45, 7) is 1.60. The molecule has 0 aliphatic heterocycles. The lowest BCUT2D eigenvalue weighted by atomic mass is 10.1. The molecule has 0 radical (unpaired) electrons. The summed E-state index contributed by atoms with van der Waals surface area (Å²) in [7, 11) is 0. The van der Waals surface area contributed by atoms with E-state index in [4.69, 9.17) is 11.0 Å². The lowest BCUT2D eigenvalue weighted by Crippen LogP contribution is -2.31. The summed E-state index contributed by atoms with van der Waals surface area (Å²) in [6, 6.07) is 4.35. The van der Waals surface area contributed by atoms with Crippen molar-refractivity contribution in [1.82, 2.24) is 9.55 Å². The van der Waals surface area contributed by atoms with Gasteiger partial charge in [0.15, 0.2) is 0 Å². The molecule has 0 saturated carbocycles. The standard InChI is InChI=1S/C14H11FN4O2/c1-8-9(2-3-16)4-12(13(17)20)14(21)19(8)11-5-10(15)6-18-7-11/h4-7H,2H2,1H3,(H2,17,20). The highest BCUT2D eigenvalue weighted by atomic mass is 19.1. The van der Waals surface area contributed by atoms with E-state index in [0.717, 1.165) is 16.8 Å². The highest BCUT2D eigenvalue weighted by molar-refractivity contribution is 5.92. The quantitative estimate of drug-likeness (QED) is 0.903. The first kappa shape index (κ1) is 14.4. The van der Waals surface area contributed by atoms with Crippen molar-refractivity contribution in [2.75, 3.05) is 0 Å². The third kappa shape index (κ3) is 2.65. The van der Waals surface area contributed by atoms with Crippen LogP contribution in [0.1, 0.15) is 21.6 Å². The number of primary amides is 1. The van der Waals surface area contributed by atoms with Crippen LogP contribution in [0.2, 0.25) is 0 Å².